The Kier molecular flexibility index (Phi) is 7.33. The van der Waals surface area contributed by atoms with Gasteiger partial charge in [-0.25, -0.2) is 4.39 Å². The van der Waals surface area contributed by atoms with Crippen LogP contribution in [0, 0.1) is 23.1 Å². The van der Waals surface area contributed by atoms with E-state index in [1.54, 1.807) is 12.3 Å². The van der Waals surface area contributed by atoms with Gasteiger partial charge in [0.1, 0.15) is 11.6 Å². The third-order valence-electron chi connectivity index (χ3n) is 6.27. The van der Waals surface area contributed by atoms with Gasteiger partial charge >= 0.3 is 0 Å². The van der Waals surface area contributed by atoms with Gasteiger partial charge in [0, 0.05) is 18.9 Å². The van der Waals surface area contributed by atoms with Crippen LogP contribution in [0.15, 0.2) is 36.4 Å². The molecule has 2 fully saturated rings. The average molecular weight is 454 g/mol. The van der Waals surface area contributed by atoms with E-state index in [0.717, 1.165) is 74.0 Å². The third kappa shape index (κ3) is 5.43. The minimum atomic E-state index is -0.540. The molecule has 1 aliphatic carbocycles. The van der Waals surface area contributed by atoms with Crippen LogP contribution in [0.2, 0.25) is 0 Å². The van der Waals surface area contributed by atoms with Gasteiger partial charge in [-0.15, -0.1) is 0 Å². The molecule has 1 aliphatic heterocycles. The number of ether oxygens (including phenoxy) is 1. The number of benzene rings is 2. The summed E-state index contributed by atoms with van der Waals surface area (Å²) in [6, 6.07) is 13.1. The second-order valence-corrected chi connectivity index (χ2v) is 9.19. The molecule has 2 aliphatic rings. The second kappa shape index (κ2) is 10.4. The minimum Gasteiger partial charge on any atom is -0.493 e. The summed E-state index contributed by atoms with van der Waals surface area (Å²) in [5.41, 5.74) is 2.84. The first kappa shape index (κ1) is 22.6. The lowest BCUT2D eigenvalue weighted by atomic mass is 9.96. The van der Waals surface area contributed by atoms with E-state index in [1.807, 2.05) is 24.3 Å². The van der Waals surface area contributed by atoms with Crippen LogP contribution in [0.25, 0.3) is 0 Å². The number of hydrogen-bond acceptors (Lipinski definition) is 5. The number of carbonyl (C=O) groups is 1. The molecular formula is C25H28FN3O2S. The van der Waals surface area contributed by atoms with Gasteiger partial charge in [0.05, 0.1) is 23.8 Å². The number of halogens is 1. The summed E-state index contributed by atoms with van der Waals surface area (Å²) in [5.74, 6) is 0.396. The highest BCUT2D eigenvalue weighted by Gasteiger charge is 2.30. The Bertz CT molecular complexity index is 1010. The van der Waals surface area contributed by atoms with Gasteiger partial charge in [-0.1, -0.05) is 30.1 Å². The molecule has 0 spiro atoms. The van der Waals surface area contributed by atoms with Crippen molar-refractivity contribution in [3.63, 3.8) is 0 Å². The molecule has 0 atom stereocenters. The quantitative estimate of drug-likeness (QED) is 0.578. The van der Waals surface area contributed by atoms with Crippen molar-refractivity contribution in [2.24, 2.45) is 5.92 Å². The zero-order valence-electron chi connectivity index (χ0n) is 18.3. The molecule has 2 aromatic rings. The number of amides is 1. The molecule has 1 amide bonds. The van der Waals surface area contributed by atoms with E-state index in [2.05, 4.69) is 15.7 Å². The van der Waals surface area contributed by atoms with E-state index in [9.17, 15) is 14.4 Å². The zero-order valence-corrected chi connectivity index (χ0v) is 19.1. The van der Waals surface area contributed by atoms with Gasteiger partial charge in [-0.05, 0) is 73.9 Å². The maximum absolute atomic E-state index is 14.6. The third-order valence-corrected chi connectivity index (χ3v) is 6.66. The monoisotopic (exact) mass is 453 g/mol. The van der Waals surface area contributed by atoms with Crippen LogP contribution in [-0.4, -0.2) is 36.8 Å². The van der Waals surface area contributed by atoms with Crippen molar-refractivity contribution in [2.75, 3.05) is 26.0 Å². The molecule has 32 heavy (non-hydrogen) atoms. The summed E-state index contributed by atoms with van der Waals surface area (Å²) in [6.07, 6.45) is 5.85. The van der Waals surface area contributed by atoms with Crippen molar-refractivity contribution in [1.82, 2.24) is 9.62 Å². The van der Waals surface area contributed by atoms with Gasteiger partial charge in [0.15, 0.2) is 0 Å². The van der Waals surface area contributed by atoms with Gasteiger partial charge in [-0.3, -0.25) is 14.4 Å². The van der Waals surface area contributed by atoms with Crippen molar-refractivity contribution < 1.29 is 13.9 Å². The molecule has 0 unspecified atom stereocenters. The summed E-state index contributed by atoms with van der Waals surface area (Å²) >= 11 is 1.16. The van der Waals surface area contributed by atoms with Crippen molar-refractivity contribution in [1.29, 1.82) is 5.26 Å². The van der Waals surface area contributed by atoms with Crippen molar-refractivity contribution in [3.05, 3.63) is 64.5 Å². The lowest BCUT2D eigenvalue weighted by molar-refractivity contribution is 0.0980. The standard InChI is InChI=1S/C25H28FN3O2S/c1-32-28-25(30)22-12-21(18-6-7-18)24(13-23(22)26)31-16-17-8-10-29(11-9-17)15-20-5-3-2-4-19(20)14-27/h2-5,12-13,17-18H,6-11,15-16H2,1H3,(H,28,30). The molecule has 168 valence electrons. The Balaban J connectivity index is 1.34. The molecule has 0 aromatic heterocycles. The summed E-state index contributed by atoms with van der Waals surface area (Å²) in [6.45, 7) is 3.24. The maximum Gasteiger partial charge on any atom is 0.264 e. The number of nitrogens with zero attached hydrogens (tertiary/aromatic N) is 2. The molecule has 1 saturated carbocycles. The number of rotatable bonds is 8. The summed E-state index contributed by atoms with van der Waals surface area (Å²) in [5, 5.41) is 9.29. The first-order valence-corrected chi connectivity index (χ1v) is 12.3. The summed E-state index contributed by atoms with van der Waals surface area (Å²) in [7, 11) is 0. The van der Waals surface area contributed by atoms with Crippen LogP contribution >= 0.6 is 11.9 Å². The number of piperidine rings is 1. The van der Waals surface area contributed by atoms with E-state index in [0.29, 0.717) is 24.2 Å². The van der Waals surface area contributed by atoms with Gasteiger partial charge in [0.25, 0.3) is 5.91 Å². The highest BCUT2D eigenvalue weighted by Crippen LogP contribution is 2.45. The first-order valence-electron chi connectivity index (χ1n) is 11.1. The molecule has 0 radical (unpaired) electrons. The van der Waals surface area contributed by atoms with Crippen LogP contribution in [0.1, 0.15) is 58.6 Å². The Morgan fingerprint density at radius 1 is 1.25 bits per heavy atom. The summed E-state index contributed by atoms with van der Waals surface area (Å²) < 4.78 is 23.3. The number of hydrogen-bond donors (Lipinski definition) is 1. The Hall–Kier alpha value is -2.56. The van der Waals surface area contributed by atoms with E-state index >= 15 is 0 Å². The molecule has 0 bridgehead atoms. The molecule has 1 heterocycles. The molecule has 1 saturated heterocycles. The van der Waals surface area contributed by atoms with Crippen molar-refractivity contribution >= 4 is 17.9 Å². The fraction of sp³-hybridized carbons (Fsp3) is 0.440. The fourth-order valence-corrected chi connectivity index (χ4v) is 4.55. The molecule has 2 aromatic carbocycles. The predicted octanol–water partition coefficient (Wildman–Crippen LogP) is 4.87. The van der Waals surface area contributed by atoms with Crippen LogP contribution in [-0.2, 0) is 6.54 Å². The van der Waals surface area contributed by atoms with E-state index in [1.165, 1.54) is 6.07 Å². The minimum absolute atomic E-state index is 0.0829. The number of carbonyl (C=O) groups excluding carboxylic acids is 1. The average Bonchev–Trinajstić information content (AvgIpc) is 3.64. The number of nitriles is 1. The largest absolute Gasteiger partial charge is 0.493 e. The summed E-state index contributed by atoms with van der Waals surface area (Å²) in [4.78, 5) is 14.5. The van der Waals surface area contributed by atoms with Gasteiger partial charge in [-0.2, -0.15) is 5.26 Å². The second-order valence-electron chi connectivity index (χ2n) is 8.58. The SMILES string of the molecule is CSNC(=O)c1cc(C2CC2)c(OCC2CCN(Cc3ccccc3C#N)CC2)cc1F. The smallest absolute Gasteiger partial charge is 0.264 e. The highest BCUT2D eigenvalue weighted by molar-refractivity contribution is 7.97. The van der Waals surface area contributed by atoms with Gasteiger partial charge < -0.3 is 4.74 Å². The van der Waals surface area contributed by atoms with Crippen LogP contribution in [0.3, 0.4) is 0 Å². The Labute approximate surface area is 193 Å². The topological polar surface area (TPSA) is 65.4 Å². The van der Waals surface area contributed by atoms with E-state index in [-0.39, 0.29) is 5.56 Å². The normalized spacial score (nSPS) is 17.0. The number of likely N-dealkylation sites (tertiary alicyclic amines) is 1. The maximum atomic E-state index is 14.6. The van der Waals surface area contributed by atoms with E-state index < -0.39 is 11.7 Å². The zero-order chi connectivity index (χ0) is 22.5. The van der Waals surface area contributed by atoms with Crippen LogP contribution in [0.4, 0.5) is 4.39 Å². The lowest BCUT2D eigenvalue weighted by Crippen LogP contribution is -2.35. The molecule has 4 rings (SSSR count). The lowest BCUT2D eigenvalue weighted by Gasteiger charge is -2.32. The van der Waals surface area contributed by atoms with Crippen LogP contribution < -0.4 is 9.46 Å². The van der Waals surface area contributed by atoms with Crippen LogP contribution in [0.5, 0.6) is 5.75 Å². The van der Waals surface area contributed by atoms with Crippen molar-refractivity contribution in [2.45, 2.75) is 38.1 Å². The highest BCUT2D eigenvalue weighted by atomic mass is 32.2. The van der Waals surface area contributed by atoms with Crippen molar-refractivity contribution in [3.8, 4) is 11.8 Å². The number of nitrogens with one attached hydrogen (secondary N) is 1. The molecular weight excluding hydrogens is 425 g/mol. The fourth-order valence-electron chi connectivity index (χ4n) is 4.26. The molecule has 1 N–H and O–H groups in total. The molecule has 7 heteroatoms. The first-order chi connectivity index (χ1) is 15.6. The van der Waals surface area contributed by atoms with E-state index in [4.69, 9.17) is 4.74 Å². The Morgan fingerprint density at radius 3 is 2.69 bits per heavy atom. The Morgan fingerprint density at radius 2 is 2.00 bits per heavy atom. The molecule has 5 nitrogen and oxygen atoms in total. The van der Waals surface area contributed by atoms with Gasteiger partial charge in [0.2, 0.25) is 0 Å². The predicted molar refractivity (Wildman–Crippen MR) is 124 cm³/mol.